The summed E-state index contributed by atoms with van der Waals surface area (Å²) < 4.78 is 5.39. The molecule has 0 saturated heterocycles. The molecule has 1 unspecified atom stereocenters. The van der Waals surface area contributed by atoms with E-state index in [1.807, 2.05) is 13.8 Å². The van der Waals surface area contributed by atoms with Gasteiger partial charge >= 0.3 is 0 Å². The molecule has 1 aliphatic rings. The summed E-state index contributed by atoms with van der Waals surface area (Å²) in [6.07, 6.45) is 2.56. The Morgan fingerprint density at radius 3 is 2.85 bits per heavy atom. The van der Waals surface area contributed by atoms with Gasteiger partial charge in [0.25, 0.3) is 0 Å². The minimum atomic E-state index is 0.00102. The molecule has 0 saturated carbocycles. The highest BCUT2D eigenvalue weighted by Gasteiger charge is 2.20. The number of ketones is 1. The Bertz CT molecular complexity index is 218. The number of aliphatic hydroxyl groups excluding tert-OH is 1. The fourth-order valence-corrected chi connectivity index (χ4v) is 1.40. The molecule has 74 valence electrons. The molecule has 0 aromatic heterocycles. The van der Waals surface area contributed by atoms with Crippen LogP contribution in [-0.4, -0.2) is 23.6 Å². The van der Waals surface area contributed by atoms with Crippen LogP contribution >= 0.6 is 0 Å². The fraction of sp³-hybridized carbons (Fsp3) is 0.700. The number of rotatable bonds is 3. The minimum Gasteiger partial charge on any atom is -0.512 e. The average Bonchev–Trinajstić information content (AvgIpc) is 1.99. The van der Waals surface area contributed by atoms with E-state index in [0.717, 1.165) is 0 Å². The lowest BCUT2D eigenvalue weighted by Gasteiger charge is -2.20. The molecule has 0 radical (unpaired) electrons. The first-order chi connectivity index (χ1) is 6.08. The summed E-state index contributed by atoms with van der Waals surface area (Å²) in [6, 6.07) is 0. The summed E-state index contributed by atoms with van der Waals surface area (Å²) in [4.78, 5) is 11.0. The third-order valence-electron chi connectivity index (χ3n) is 1.98. The predicted octanol–water partition coefficient (Wildman–Crippen LogP) is 1.83. The second-order valence-electron chi connectivity index (χ2n) is 3.76. The van der Waals surface area contributed by atoms with Gasteiger partial charge in [-0.05, 0) is 19.8 Å². The Labute approximate surface area is 78.4 Å². The van der Waals surface area contributed by atoms with Gasteiger partial charge in [-0.2, -0.15) is 0 Å². The fourth-order valence-electron chi connectivity index (χ4n) is 1.40. The van der Waals surface area contributed by atoms with Crippen molar-refractivity contribution in [3.8, 4) is 0 Å². The van der Waals surface area contributed by atoms with Crippen molar-refractivity contribution < 1.29 is 14.6 Å². The molecule has 0 bridgehead atoms. The highest BCUT2D eigenvalue weighted by Crippen LogP contribution is 2.20. The highest BCUT2D eigenvalue weighted by molar-refractivity contribution is 5.91. The lowest BCUT2D eigenvalue weighted by molar-refractivity contribution is -0.117. The molecular formula is C10H16O3. The lowest BCUT2D eigenvalue weighted by Crippen LogP contribution is -2.20. The van der Waals surface area contributed by atoms with E-state index >= 15 is 0 Å². The Morgan fingerprint density at radius 1 is 1.62 bits per heavy atom. The van der Waals surface area contributed by atoms with Gasteiger partial charge in [-0.25, -0.2) is 0 Å². The van der Waals surface area contributed by atoms with Gasteiger partial charge in [0.2, 0.25) is 0 Å². The first-order valence-corrected chi connectivity index (χ1v) is 4.62. The summed E-state index contributed by atoms with van der Waals surface area (Å²) in [5.74, 6) is 0.342. The molecule has 3 nitrogen and oxygen atoms in total. The molecular weight excluding hydrogens is 168 g/mol. The number of hydrogen-bond acceptors (Lipinski definition) is 3. The molecule has 0 aromatic carbocycles. The maximum atomic E-state index is 11.0. The van der Waals surface area contributed by atoms with E-state index in [1.54, 1.807) is 0 Å². The van der Waals surface area contributed by atoms with Crippen molar-refractivity contribution in [1.82, 2.24) is 0 Å². The van der Waals surface area contributed by atoms with E-state index in [1.165, 1.54) is 6.08 Å². The highest BCUT2D eigenvalue weighted by atomic mass is 16.5. The quantitative estimate of drug-likeness (QED) is 0.727. The number of aliphatic hydroxyl groups is 1. The monoisotopic (exact) mass is 184 g/mol. The van der Waals surface area contributed by atoms with E-state index < -0.39 is 0 Å². The van der Waals surface area contributed by atoms with Gasteiger partial charge in [0.05, 0.1) is 18.5 Å². The van der Waals surface area contributed by atoms with Crippen LogP contribution in [-0.2, 0) is 9.53 Å². The molecule has 3 heteroatoms. The van der Waals surface area contributed by atoms with Crippen molar-refractivity contribution in [2.45, 2.75) is 32.8 Å². The standard InChI is InChI=1S/C10H16O3/c1-7(2)13-6-8-3-9(11)5-10(12)4-8/h5,7-8,11H,3-4,6H2,1-2H3. The summed E-state index contributed by atoms with van der Waals surface area (Å²) in [5.41, 5.74) is 0. The summed E-state index contributed by atoms with van der Waals surface area (Å²) in [6.45, 7) is 4.47. The van der Waals surface area contributed by atoms with Crippen LogP contribution in [0.2, 0.25) is 0 Å². The van der Waals surface area contributed by atoms with Crippen LogP contribution in [0.3, 0.4) is 0 Å². The number of carbonyl (C=O) groups is 1. The van der Waals surface area contributed by atoms with Gasteiger partial charge < -0.3 is 9.84 Å². The van der Waals surface area contributed by atoms with Crippen LogP contribution in [0.15, 0.2) is 11.8 Å². The van der Waals surface area contributed by atoms with Crippen molar-refractivity contribution in [2.75, 3.05) is 6.61 Å². The number of carbonyl (C=O) groups excluding carboxylic acids is 1. The molecule has 0 spiro atoms. The Morgan fingerprint density at radius 2 is 2.31 bits per heavy atom. The summed E-state index contributed by atoms with van der Waals surface area (Å²) in [7, 11) is 0. The normalized spacial score (nSPS) is 23.5. The van der Waals surface area contributed by atoms with Crippen molar-refractivity contribution in [1.29, 1.82) is 0 Å². The van der Waals surface area contributed by atoms with Crippen molar-refractivity contribution in [3.05, 3.63) is 11.8 Å². The predicted molar refractivity (Wildman–Crippen MR) is 49.5 cm³/mol. The number of allylic oxidation sites excluding steroid dienone is 2. The third-order valence-corrected chi connectivity index (χ3v) is 1.98. The third kappa shape index (κ3) is 3.59. The van der Waals surface area contributed by atoms with Crippen LogP contribution < -0.4 is 0 Å². The maximum Gasteiger partial charge on any atom is 0.159 e. The number of ether oxygens (including phenoxy) is 1. The molecule has 13 heavy (non-hydrogen) atoms. The molecule has 1 rings (SSSR count). The molecule has 0 amide bonds. The van der Waals surface area contributed by atoms with Gasteiger partial charge in [0.1, 0.15) is 0 Å². The van der Waals surface area contributed by atoms with Gasteiger partial charge in [-0.1, -0.05) is 0 Å². The Balaban J connectivity index is 2.37. The maximum absolute atomic E-state index is 11.0. The van der Waals surface area contributed by atoms with Crippen LogP contribution in [0, 0.1) is 5.92 Å². The molecule has 0 heterocycles. The Hall–Kier alpha value is -0.830. The second kappa shape index (κ2) is 4.42. The minimum absolute atomic E-state index is 0.00102. The largest absolute Gasteiger partial charge is 0.512 e. The first kappa shape index (κ1) is 10.3. The van der Waals surface area contributed by atoms with Crippen molar-refractivity contribution in [3.63, 3.8) is 0 Å². The Kier molecular flexibility index (Phi) is 3.48. The van der Waals surface area contributed by atoms with Crippen LogP contribution in [0.5, 0.6) is 0 Å². The topological polar surface area (TPSA) is 46.5 Å². The van der Waals surface area contributed by atoms with E-state index in [4.69, 9.17) is 4.74 Å². The van der Waals surface area contributed by atoms with Gasteiger partial charge in [0.15, 0.2) is 5.78 Å². The van der Waals surface area contributed by atoms with E-state index in [-0.39, 0.29) is 23.6 Å². The SMILES string of the molecule is CC(C)OCC1CC(=O)C=C(O)C1. The molecule has 1 atom stereocenters. The van der Waals surface area contributed by atoms with E-state index in [0.29, 0.717) is 19.4 Å². The lowest BCUT2D eigenvalue weighted by atomic mass is 9.93. The summed E-state index contributed by atoms with van der Waals surface area (Å²) >= 11 is 0. The zero-order valence-corrected chi connectivity index (χ0v) is 8.12. The molecule has 0 fully saturated rings. The van der Waals surface area contributed by atoms with Crippen molar-refractivity contribution >= 4 is 5.78 Å². The average molecular weight is 184 g/mol. The molecule has 1 aliphatic carbocycles. The van der Waals surface area contributed by atoms with Crippen LogP contribution in [0.25, 0.3) is 0 Å². The van der Waals surface area contributed by atoms with E-state index in [2.05, 4.69) is 0 Å². The van der Waals surface area contributed by atoms with Crippen LogP contribution in [0.1, 0.15) is 26.7 Å². The van der Waals surface area contributed by atoms with Gasteiger partial charge in [-0.3, -0.25) is 4.79 Å². The molecule has 0 aliphatic heterocycles. The zero-order chi connectivity index (χ0) is 9.84. The van der Waals surface area contributed by atoms with E-state index in [9.17, 15) is 9.90 Å². The van der Waals surface area contributed by atoms with Crippen LogP contribution in [0.4, 0.5) is 0 Å². The zero-order valence-electron chi connectivity index (χ0n) is 8.12. The van der Waals surface area contributed by atoms with Crippen molar-refractivity contribution in [2.24, 2.45) is 5.92 Å². The summed E-state index contributed by atoms with van der Waals surface area (Å²) in [5, 5.41) is 9.20. The second-order valence-corrected chi connectivity index (χ2v) is 3.76. The molecule has 1 N–H and O–H groups in total. The smallest absolute Gasteiger partial charge is 0.159 e. The van der Waals surface area contributed by atoms with Gasteiger partial charge in [0, 0.05) is 18.9 Å². The number of hydrogen-bond donors (Lipinski definition) is 1. The van der Waals surface area contributed by atoms with Gasteiger partial charge in [-0.15, -0.1) is 0 Å². The molecule has 0 aromatic rings. The first-order valence-electron chi connectivity index (χ1n) is 4.62.